The van der Waals surface area contributed by atoms with Gasteiger partial charge in [0.05, 0.1) is 16.9 Å². The molecule has 0 fully saturated rings. The van der Waals surface area contributed by atoms with E-state index in [2.05, 4.69) is 14.7 Å². The molecule has 0 saturated carbocycles. The Morgan fingerprint density at radius 3 is 2.29 bits per heavy atom. The van der Waals surface area contributed by atoms with E-state index in [1.165, 1.54) is 0 Å². The smallest absolute Gasteiger partial charge is 0.433 e. The van der Waals surface area contributed by atoms with Gasteiger partial charge in [-0.1, -0.05) is 11.6 Å². The number of halogens is 8. The van der Waals surface area contributed by atoms with Crippen molar-refractivity contribution in [3.05, 3.63) is 35.0 Å². The molecular formula is C12H7ClF7N3O. The van der Waals surface area contributed by atoms with Crippen molar-refractivity contribution in [2.45, 2.75) is 25.6 Å². The van der Waals surface area contributed by atoms with Gasteiger partial charge in [-0.3, -0.25) is 4.57 Å². The number of nitrogens with zero attached hydrogens (tertiary/aromatic N) is 3. The third kappa shape index (κ3) is 3.25. The number of imidazole rings is 1. The molecule has 0 radical (unpaired) electrons. The summed E-state index contributed by atoms with van der Waals surface area (Å²) in [5.41, 5.74) is -2.07. The summed E-state index contributed by atoms with van der Waals surface area (Å²) in [5, 5.41) is -0.310. The molecular weight excluding hydrogens is 371 g/mol. The van der Waals surface area contributed by atoms with E-state index in [0.717, 1.165) is 23.8 Å². The fourth-order valence-corrected chi connectivity index (χ4v) is 2.07. The molecule has 2 aromatic rings. The lowest BCUT2D eigenvalue weighted by molar-refractivity contribution is -0.291. The minimum atomic E-state index is -5.83. The molecule has 24 heavy (non-hydrogen) atoms. The molecule has 0 unspecified atom stereocenters. The standard InChI is InChI=1S/C12H7ClF7N3O/c1-5-8(11(16,17)12(18,19)20)22-4-23(5)9-7(13)2-6(3-21-9)24-10(14)15/h2-4,10H,1H3. The van der Waals surface area contributed by atoms with Gasteiger partial charge in [0.25, 0.3) is 0 Å². The lowest BCUT2D eigenvalue weighted by atomic mass is 10.2. The molecule has 0 bridgehead atoms. The highest BCUT2D eigenvalue weighted by atomic mass is 35.5. The van der Waals surface area contributed by atoms with Crippen LogP contribution in [0.1, 0.15) is 11.4 Å². The van der Waals surface area contributed by atoms with Crippen molar-refractivity contribution in [1.29, 1.82) is 0 Å². The second-order valence-corrected chi connectivity index (χ2v) is 4.88. The first-order chi connectivity index (χ1) is 10.9. The quantitative estimate of drug-likeness (QED) is 0.737. The summed E-state index contributed by atoms with van der Waals surface area (Å²) in [6.07, 6.45) is -4.34. The van der Waals surface area contributed by atoms with Crippen LogP contribution in [0.5, 0.6) is 5.75 Å². The van der Waals surface area contributed by atoms with E-state index >= 15 is 0 Å². The third-order valence-corrected chi connectivity index (χ3v) is 3.19. The van der Waals surface area contributed by atoms with Crippen LogP contribution in [0.25, 0.3) is 5.82 Å². The van der Waals surface area contributed by atoms with Crippen LogP contribution in [0, 0.1) is 6.92 Å². The Kier molecular flexibility index (Phi) is 4.66. The average Bonchev–Trinajstić information content (AvgIpc) is 2.79. The summed E-state index contributed by atoms with van der Waals surface area (Å²) in [5.74, 6) is -5.85. The fourth-order valence-electron chi connectivity index (χ4n) is 1.82. The van der Waals surface area contributed by atoms with E-state index in [9.17, 15) is 30.7 Å². The number of hydrogen-bond acceptors (Lipinski definition) is 3. The molecule has 0 aromatic carbocycles. The first-order valence-corrected chi connectivity index (χ1v) is 6.42. The number of rotatable bonds is 4. The van der Waals surface area contributed by atoms with Crippen molar-refractivity contribution >= 4 is 11.6 Å². The van der Waals surface area contributed by atoms with Crippen LogP contribution in [0.15, 0.2) is 18.6 Å². The maximum Gasteiger partial charge on any atom is 0.459 e. The van der Waals surface area contributed by atoms with Crippen molar-refractivity contribution in [3.8, 4) is 11.6 Å². The number of aromatic nitrogens is 3. The van der Waals surface area contributed by atoms with Crippen molar-refractivity contribution < 1.29 is 35.5 Å². The van der Waals surface area contributed by atoms with Gasteiger partial charge >= 0.3 is 18.7 Å². The predicted octanol–water partition coefficient (Wildman–Crippen LogP) is 4.48. The third-order valence-electron chi connectivity index (χ3n) is 2.91. The molecule has 0 aliphatic heterocycles. The lowest BCUT2D eigenvalue weighted by Crippen LogP contribution is -2.34. The molecule has 0 spiro atoms. The van der Waals surface area contributed by atoms with Gasteiger partial charge in [0.1, 0.15) is 17.8 Å². The summed E-state index contributed by atoms with van der Waals surface area (Å²) in [6, 6.07) is 0.914. The lowest BCUT2D eigenvalue weighted by Gasteiger charge is -2.18. The van der Waals surface area contributed by atoms with Gasteiger partial charge < -0.3 is 4.74 Å². The molecule has 0 atom stereocenters. The maximum atomic E-state index is 13.4. The molecule has 0 amide bonds. The van der Waals surface area contributed by atoms with Crippen LogP contribution in [-0.4, -0.2) is 27.3 Å². The molecule has 0 aliphatic carbocycles. The van der Waals surface area contributed by atoms with E-state index in [4.69, 9.17) is 11.6 Å². The van der Waals surface area contributed by atoms with Gasteiger partial charge in [-0.2, -0.15) is 30.7 Å². The molecule has 0 aliphatic rings. The largest absolute Gasteiger partial charge is 0.459 e. The maximum absolute atomic E-state index is 13.4. The van der Waals surface area contributed by atoms with Gasteiger partial charge in [-0.25, -0.2) is 9.97 Å². The van der Waals surface area contributed by atoms with Crippen molar-refractivity contribution in [1.82, 2.24) is 14.5 Å². The topological polar surface area (TPSA) is 39.9 Å². The van der Waals surface area contributed by atoms with E-state index in [-0.39, 0.29) is 10.8 Å². The van der Waals surface area contributed by atoms with Gasteiger partial charge in [0, 0.05) is 6.07 Å². The van der Waals surface area contributed by atoms with Crippen molar-refractivity contribution in [2.75, 3.05) is 0 Å². The summed E-state index contributed by atoms with van der Waals surface area (Å²) >= 11 is 5.79. The van der Waals surface area contributed by atoms with Gasteiger partial charge in [0.15, 0.2) is 5.82 Å². The zero-order chi connectivity index (χ0) is 18.3. The van der Waals surface area contributed by atoms with E-state index in [1.54, 1.807) is 0 Å². The molecule has 2 aromatic heterocycles. The Labute approximate surface area is 134 Å². The Hall–Kier alpha value is -2.04. The second kappa shape index (κ2) is 6.11. The summed E-state index contributed by atoms with van der Waals surface area (Å²) in [7, 11) is 0. The van der Waals surface area contributed by atoms with Gasteiger partial charge in [-0.15, -0.1) is 0 Å². The minimum Gasteiger partial charge on any atom is -0.433 e. The predicted molar refractivity (Wildman–Crippen MR) is 67.7 cm³/mol. The monoisotopic (exact) mass is 377 g/mol. The van der Waals surface area contributed by atoms with E-state index in [0.29, 0.717) is 6.33 Å². The van der Waals surface area contributed by atoms with Gasteiger partial charge in [-0.05, 0) is 6.92 Å². The molecule has 0 saturated heterocycles. The first kappa shape index (κ1) is 18.3. The highest BCUT2D eigenvalue weighted by Gasteiger charge is 2.61. The van der Waals surface area contributed by atoms with Crippen molar-refractivity contribution in [2.24, 2.45) is 0 Å². The SMILES string of the molecule is Cc1c(C(F)(F)C(F)(F)F)ncn1-c1ncc(OC(F)F)cc1Cl. The van der Waals surface area contributed by atoms with Crippen LogP contribution in [0.2, 0.25) is 5.02 Å². The number of hydrogen-bond donors (Lipinski definition) is 0. The Morgan fingerprint density at radius 2 is 1.79 bits per heavy atom. The van der Waals surface area contributed by atoms with E-state index in [1.807, 2.05) is 0 Å². The number of ether oxygens (including phenoxy) is 1. The minimum absolute atomic E-state index is 0.271. The van der Waals surface area contributed by atoms with Crippen molar-refractivity contribution in [3.63, 3.8) is 0 Å². The molecule has 132 valence electrons. The summed E-state index contributed by atoms with van der Waals surface area (Å²) in [4.78, 5) is 6.71. The van der Waals surface area contributed by atoms with Crippen LogP contribution in [-0.2, 0) is 5.92 Å². The fraction of sp³-hybridized carbons (Fsp3) is 0.333. The molecule has 2 rings (SSSR count). The van der Waals surface area contributed by atoms with Crippen LogP contribution in [0.4, 0.5) is 30.7 Å². The van der Waals surface area contributed by atoms with Crippen LogP contribution < -0.4 is 4.74 Å². The molecule has 2 heterocycles. The summed E-state index contributed by atoms with van der Waals surface area (Å²) in [6.45, 7) is -2.18. The highest BCUT2D eigenvalue weighted by molar-refractivity contribution is 6.32. The zero-order valence-electron chi connectivity index (χ0n) is 11.6. The van der Waals surface area contributed by atoms with Gasteiger partial charge in [0.2, 0.25) is 0 Å². The Morgan fingerprint density at radius 1 is 1.17 bits per heavy atom. The number of pyridine rings is 1. The highest BCUT2D eigenvalue weighted by Crippen LogP contribution is 2.44. The Bertz CT molecular complexity index is 745. The Balaban J connectivity index is 2.45. The molecule has 12 heteroatoms. The second-order valence-electron chi connectivity index (χ2n) is 4.48. The van der Waals surface area contributed by atoms with Crippen LogP contribution >= 0.6 is 11.6 Å². The van der Waals surface area contributed by atoms with Crippen LogP contribution in [0.3, 0.4) is 0 Å². The number of alkyl halides is 7. The van der Waals surface area contributed by atoms with E-state index < -0.39 is 35.8 Å². The first-order valence-electron chi connectivity index (χ1n) is 6.05. The normalized spacial score (nSPS) is 12.8. The zero-order valence-corrected chi connectivity index (χ0v) is 12.3. The molecule has 0 N–H and O–H groups in total. The summed E-state index contributed by atoms with van der Waals surface area (Å²) < 4.78 is 93.1. The molecule has 4 nitrogen and oxygen atoms in total. The average molecular weight is 378 g/mol.